The van der Waals surface area contributed by atoms with Gasteiger partial charge in [-0.1, -0.05) is 0 Å². The molecule has 0 amide bonds. The number of ether oxygens (including phenoxy) is 1. The minimum Gasteiger partial charge on any atom is -0.394 e. The molecule has 2 aromatic rings. The van der Waals surface area contributed by atoms with Crippen molar-refractivity contribution in [3.8, 4) is 11.4 Å². The lowest BCUT2D eigenvalue weighted by Crippen LogP contribution is -2.37. The minimum atomic E-state index is -0.119. The zero-order valence-electron chi connectivity index (χ0n) is 15.9. The van der Waals surface area contributed by atoms with Gasteiger partial charge in [-0.3, -0.25) is 0 Å². The van der Waals surface area contributed by atoms with Crippen molar-refractivity contribution in [3.63, 3.8) is 0 Å². The molecule has 5 rings (SSSR count). The number of aliphatic hydroxyl groups is 1. The largest absolute Gasteiger partial charge is 0.394 e. The molecule has 148 valence electrons. The van der Waals surface area contributed by atoms with E-state index in [0.717, 1.165) is 80.6 Å². The summed E-state index contributed by atoms with van der Waals surface area (Å²) in [5, 5.41) is 13.0. The van der Waals surface area contributed by atoms with Crippen LogP contribution in [0.3, 0.4) is 0 Å². The first kappa shape index (κ1) is 18.2. The lowest BCUT2D eigenvalue weighted by atomic mass is 10.1. The molecule has 1 saturated heterocycles. The summed E-state index contributed by atoms with van der Waals surface area (Å²) in [6.07, 6.45) is 4.15. The molecular weight excluding hydrogens is 372 g/mol. The number of benzene rings is 1. The summed E-state index contributed by atoms with van der Waals surface area (Å²) < 4.78 is 5.38. The maximum atomic E-state index is 9.51. The van der Waals surface area contributed by atoms with Crippen LogP contribution < -0.4 is 10.2 Å². The van der Waals surface area contributed by atoms with Crippen molar-refractivity contribution in [1.29, 1.82) is 0 Å². The SMILES string of the molecule is OCC1(Nc2ccc(-c3nc(N4CCOCC4)cc(C4(S)CC4)n3)cc2)CC1. The third-order valence-corrected chi connectivity index (χ3v) is 6.63. The van der Waals surface area contributed by atoms with Crippen LogP contribution in [0.1, 0.15) is 31.4 Å². The molecule has 0 atom stereocenters. The number of hydrogen-bond donors (Lipinski definition) is 3. The molecule has 6 nitrogen and oxygen atoms in total. The maximum Gasteiger partial charge on any atom is 0.161 e. The normalized spacial score (nSPS) is 22.0. The average molecular weight is 399 g/mol. The molecule has 1 aromatic heterocycles. The Labute approximate surface area is 170 Å². The summed E-state index contributed by atoms with van der Waals surface area (Å²) in [6.45, 7) is 3.33. The van der Waals surface area contributed by atoms with E-state index in [1.165, 1.54) is 0 Å². The second-order valence-electron chi connectivity index (χ2n) is 8.21. The molecule has 3 fully saturated rings. The Kier molecular flexibility index (Phi) is 4.49. The lowest BCUT2D eigenvalue weighted by Gasteiger charge is -2.28. The fourth-order valence-electron chi connectivity index (χ4n) is 3.61. The summed E-state index contributed by atoms with van der Waals surface area (Å²) in [5.74, 6) is 1.71. The number of thiol groups is 1. The number of hydrogen-bond acceptors (Lipinski definition) is 7. The highest BCUT2D eigenvalue weighted by Crippen LogP contribution is 2.51. The van der Waals surface area contributed by atoms with Gasteiger partial charge in [0.25, 0.3) is 0 Å². The van der Waals surface area contributed by atoms with Gasteiger partial charge in [0.15, 0.2) is 5.82 Å². The van der Waals surface area contributed by atoms with E-state index in [-0.39, 0.29) is 16.9 Å². The summed E-state index contributed by atoms with van der Waals surface area (Å²) in [6, 6.07) is 10.3. The van der Waals surface area contributed by atoms with Gasteiger partial charge < -0.3 is 20.1 Å². The number of aliphatic hydroxyl groups excluding tert-OH is 1. The van der Waals surface area contributed by atoms with Crippen molar-refractivity contribution in [3.05, 3.63) is 36.0 Å². The first-order valence-electron chi connectivity index (χ1n) is 10.0. The van der Waals surface area contributed by atoms with E-state index in [1.54, 1.807) is 0 Å². The zero-order chi connectivity index (χ0) is 19.2. The summed E-state index contributed by atoms with van der Waals surface area (Å²) in [4.78, 5) is 12.0. The monoisotopic (exact) mass is 398 g/mol. The van der Waals surface area contributed by atoms with Gasteiger partial charge >= 0.3 is 0 Å². The molecule has 0 radical (unpaired) electrons. The van der Waals surface area contributed by atoms with Gasteiger partial charge in [0.2, 0.25) is 0 Å². The van der Waals surface area contributed by atoms with Crippen LogP contribution in [0.5, 0.6) is 0 Å². The quantitative estimate of drug-likeness (QED) is 0.650. The van der Waals surface area contributed by atoms with E-state index in [0.29, 0.717) is 0 Å². The number of nitrogens with one attached hydrogen (secondary N) is 1. The molecule has 0 unspecified atom stereocenters. The highest BCUT2D eigenvalue weighted by molar-refractivity contribution is 7.81. The third-order valence-electron chi connectivity index (χ3n) is 5.96. The van der Waals surface area contributed by atoms with Gasteiger partial charge in [-0.2, -0.15) is 12.6 Å². The number of anilines is 2. The molecule has 3 aliphatic rings. The summed E-state index contributed by atoms with van der Waals surface area (Å²) >= 11 is 4.84. The van der Waals surface area contributed by atoms with Crippen molar-refractivity contribution in [2.24, 2.45) is 0 Å². The standard InChI is InChI=1S/C21H26N4O2S/c26-14-20(5-6-20)24-16-3-1-15(2-4-16)19-22-17(21(28)7-8-21)13-18(23-19)25-9-11-27-12-10-25/h1-4,13,24,26,28H,5-12,14H2. The Morgan fingerprint density at radius 1 is 1.07 bits per heavy atom. The van der Waals surface area contributed by atoms with Crippen molar-refractivity contribution in [2.75, 3.05) is 43.1 Å². The fraction of sp³-hybridized carbons (Fsp3) is 0.524. The summed E-state index contributed by atoms with van der Waals surface area (Å²) in [5.41, 5.74) is 2.91. The van der Waals surface area contributed by atoms with Crippen LogP contribution in [0.25, 0.3) is 11.4 Å². The first-order valence-corrected chi connectivity index (χ1v) is 10.5. The van der Waals surface area contributed by atoms with Crippen molar-refractivity contribution in [1.82, 2.24) is 9.97 Å². The highest BCUT2D eigenvalue weighted by Gasteiger charge is 2.43. The van der Waals surface area contributed by atoms with Crippen LogP contribution in [0, 0.1) is 0 Å². The molecule has 7 heteroatoms. The number of rotatable bonds is 6. The average Bonchev–Trinajstić information content (AvgIpc) is 3.67. The molecule has 28 heavy (non-hydrogen) atoms. The van der Waals surface area contributed by atoms with E-state index >= 15 is 0 Å². The van der Waals surface area contributed by atoms with Gasteiger partial charge in [0, 0.05) is 30.4 Å². The second kappa shape index (κ2) is 6.90. The zero-order valence-corrected chi connectivity index (χ0v) is 16.8. The Balaban J connectivity index is 1.44. The van der Waals surface area contributed by atoms with E-state index in [1.807, 2.05) is 12.1 Å². The molecule has 2 saturated carbocycles. The lowest BCUT2D eigenvalue weighted by molar-refractivity contribution is 0.122. The van der Waals surface area contributed by atoms with Crippen LogP contribution in [0.4, 0.5) is 11.5 Å². The summed E-state index contributed by atoms with van der Waals surface area (Å²) in [7, 11) is 0. The molecule has 0 spiro atoms. The van der Waals surface area contributed by atoms with Crippen LogP contribution in [-0.2, 0) is 9.48 Å². The number of morpholine rings is 1. The van der Waals surface area contributed by atoms with Crippen molar-refractivity contribution >= 4 is 24.1 Å². The smallest absolute Gasteiger partial charge is 0.161 e. The molecule has 0 bridgehead atoms. The van der Waals surface area contributed by atoms with E-state index < -0.39 is 0 Å². The Bertz CT molecular complexity index is 859. The minimum absolute atomic E-state index is 0.111. The Hall–Kier alpha value is -1.83. The van der Waals surface area contributed by atoms with Crippen LogP contribution >= 0.6 is 12.6 Å². The van der Waals surface area contributed by atoms with Gasteiger partial charge in [-0.25, -0.2) is 9.97 Å². The predicted molar refractivity (Wildman–Crippen MR) is 113 cm³/mol. The predicted octanol–water partition coefficient (Wildman–Crippen LogP) is 2.84. The first-order chi connectivity index (χ1) is 13.6. The molecule has 2 N–H and O–H groups in total. The molecular formula is C21H26N4O2S. The topological polar surface area (TPSA) is 70.5 Å². The third kappa shape index (κ3) is 3.58. The van der Waals surface area contributed by atoms with Gasteiger partial charge in [-0.05, 0) is 49.9 Å². The van der Waals surface area contributed by atoms with Crippen LogP contribution in [0.15, 0.2) is 30.3 Å². The van der Waals surface area contributed by atoms with Crippen molar-refractivity contribution < 1.29 is 9.84 Å². The number of nitrogens with zero attached hydrogens (tertiary/aromatic N) is 3. The van der Waals surface area contributed by atoms with Gasteiger partial charge in [0.05, 0.1) is 35.8 Å². The molecule has 2 heterocycles. The van der Waals surface area contributed by atoms with E-state index in [4.69, 9.17) is 27.3 Å². The molecule has 1 aliphatic heterocycles. The van der Waals surface area contributed by atoms with Gasteiger partial charge in [0.1, 0.15) is 5.82 Å². The maximum absolute atomic E-state index is 9.51. The van der Waals surface area contributed by atoms with E-state index in [9.17, 15) is 5.11 Å². The highest BCUT2D eigenvalue weighted by atomic mass is 32.1. The van der Waals surface area contributed by atoms with Crippen LogP contribution in [-0.4, -0.2) is 53.5 Å². The molecule has 2 aliphatic carbocycles. The fourth-order valence-corrected chi connectivity index (χ4v) is 3.84. The second-order valence-corrected chi connectivity index (χ2v) is 9.06. The Morgan fingerprint density at radius 3 is 2.39 bits per heavy atom. The molecule has 1 aromatic carbocycles. The van der Waals surface area contributed by atoms with E-state index in [2.05, 4.69) is 28.4 Å². The number of aromatic nitrogens is 2. The van der Waals surface area contributed by atoms with Crippen molar-refractivity contribution in [2.45, 2.75) is 36.0 Å². The van der Waals surface area contributed by atoms with Crippen LogP contribution in [0.2, 0.25) is 0 Å². The Morgan fingerprint density at radius 2 is 1.79 bits per heavy atom. The van der Waals surface area contributed by atoms with Gasteiger partial charge in [-0.15, -0.1) is 0 Å².